The van der Waals surface area contributed by atoms with Crippen LogP contribution >= 0.6 is 11.6 Å². The molecule has 10 heteroatoms. The van der Waals surface area contributed by atoms with E-state index in [0.717, 1.165) is 5.69 Å². The van der Waals surface area contributed by atoms with Crippen molar-refractivity contribution >= 4 is 35.3 Å². The van der Waals surface area contributed by atoms with Gasteiger partial charge in [-0.05, 0) is 44.0 Å². The molecule has 2 aromatic rings. The molecular formula is C20H23ClN6O3. The Morgan fingerprint density at radius 2 is 1.90 bits per heavy atom. The number of amides is 4. The highest BCUT2D eigenvalue weighted by atomic mass is 35.5. The van der Waals surface area contributed by atoms with Gasteiger partial charge in [-0.15, -0.1) is 0 Å². The molecule has 2 N–H and O–H groups in total. The van der Waals surface area contributed by atoms with Crippen LogP contribution in [0.3, 0.4) is 0 Å². The third-order valence-electron chi connectivity index (χ3n) is 5.54. The molecular weight excluding hydrogens is 408 g/mol. The Morgan fingerprint density at radius 1 is 1.20 bits per heavy atom. The first-order valence-corrected chi connectivity index (χ1v) is 10.2. The Balaban J connectivity index is 1.22. The Kier molecular flexibility index (Phi) is 5.63. The lowest BCUT2D eigenvalue weighted by atomic mass is 10.0. The first kappa shape index (κ1) is 20.2. The van der Waals surface area contributed by atoms with Crippen molar-refractivity contribution in [2.45, 2.75) is 32.4 Å². The number of nitrogens with zero attached hydrogens (tertiary/aromatic N) is 4. The first-order chi connectivity index (χ1) is 14.4. The van der Waals surface area contributed by atoms with Crippen LogP contribution < -0.4 is 10.6 Å². The molecule has 9 nitrogen and oxygen atoms in total. The fourth-order valence-electron chi connectivity index (χ4n) is 3.92. The summed E-state index contributed by atoms with van der Waals surface area (Å²) in [5, 5.41) is 5.82. The molecule has 4 amide bonds. The van der Waals surface area contributed by atoms with Gasteiger partial charge in [-0.1, -0.05) is 11.6 Å². The lowest BCUT2D eigenvalue weighted by Crippen LogP contribution is -2.49. The molecule has 4 rings (SSSR count). The number of rotatable bonds is 4. The van der Waals surface area contributed by atoms with Crippen molar-refractivity contribution in [3.05, 3.63) is 47.0 Å². The Bertz CT molecular complexity index is 965. The van der Waals surface area contributed by atoms with Crippen LogP contribution in [-0.2, 0) is 11.3 Å². The smallest absolute Gasteiger partial charge is 0.330 e. The van der Waals surface area contributed by atoms with E-state index in [1.165, 1.54) is 0 Å². The van der Waals surface area contributed by atoms with Crippen LogP contribution in [0, 0.1) is 6.92 Å². The van der Waals surface area contributed by atoms with Crippen molar-refractivity contribution in [2.24, 2.45) is 0 Å². The number of anilines is 1. The van der Waals surface area contributed by atoms with Crippen LogP contribution in [0.1, 0.15) is 24.4 Å². The van der Waals surface area contributed by atoms with E-state index in [1.54, 1.807) is 39.9 Å². The summed E-state index contributed by atoms with van der Waals surface area (Å²) in [6.07, 6.45) is 3.17. The van der Waals surface area contributed by atoms with E-state index in [4.69, 9.17) is 11.6 Å². The number of aryl methyl sites for hydroxylation is 1. The van der Waals surface area contributed by atoms with Gasteiger partial charge in [0.05, 0.1) is 25.0 Å². The largest absolute Gasteiger partial charge is 0.341 e. The summed E-state index contributed by atoms with van der Waals surface area (Å²) in [6, 6.07) is 6.32. The van der Waals surface area contributed by atoms with Gasteiger partial charge in [0.15, 0.2) is 0 Å². The zero-order valence-corrected chi connectivity index (χ0v) is 17.4. The highest BCUT2D eigenvalue weighted by molar-refractivity contribution is 6.30. The minimum absolute atomic E-state index is 0.0367. The predicted octanol–water partition coefficient (Wildman–Crippen LogP) is 2.44. The Hall–Kier alpha value is -3.07. The molecule has 0 radical (unpaired) electrons. The number of aromatic nitrogens is 2. The fourth-order valence-corrected chi connectivity index (χ4v) is 4.05. The number of benzene rings is 1. The number of carbonyl (C=O) groups is 3. The molecule has 0 bridgehead atoms. The van der Waals surface area contributed by atoms with Gasteiger partial charge in [0.25, 0.3) is 0 Å². The van der Waals surface area contributed by atoms with Gasteiger partial charge in [-0.3, -0.25) is 9.36 Å². The first-order valence-electron chi connectivity index (χ1n) is 9.85. The Labute approximate surface area is 179 Å². The number of likely N-dealkylation sites (tertiary alicyclic amines) is 1. The van der Waals surface area contributed by atoms with E-state index in [1.807, 2.05) is 11.8 Å². The zero-order chi connectivity index (χ0) is 21.3. The van der Waals surface area contributed by atoms with Gasteiger partial charge in [0.2, 0.25) is 5.91 Å². The number of urea groups is 1. The average Bonchev–Trinajstić information content (AvgIpc) is 3.28. The van der Waals surface area contributed by atoms with Crippen molar-refractivity contribution < 1.29 is 14.4 Å². The number of imidazole rings is 1. The molecule has 0 aliphatic carbocycles. The number of halogens is 1. The van der Waals surface area contributed by atoms with E-state index < -0.39 is 6.03 Å². The van der Waals surface area contributed by atoms with Crippen LogP contribution in [0.25, 0.3) is 0 Å². The van der Waals surface area contributed by atoms with Crippen LogP contribution in [0.2, 0.25) is 5.02 Å². The molecule has 0 atom stereocenters. The van der Waals surface area contributed by atoms with Crippen molar-refractivity contribution in [2.75, 3.05) is 25.0 Å². The summed E-state index contributed by atoms with van der Waals surface area (Å²) < 4.78 is 1.65. The lowest BCUT2D eigenvalue weighted by molar-refractivity contribution is -0.131. The SMILES string of the molecule is Cc1ncc2n1C(=O)N(C1CCN(C(=O)CNC(=O)Nc3ccc(Cl)cc3)CC1)C2. The second-order valence-electron chi connectivity index (χ2n) is 7.47. The molecule has 30 heavy (non-hydrogen) atoms. The van der Waals surface area contributed by atoms with E-state index in [9.17, 15) is 14.4 Å². The van der Waals surface area contributed by atoms with Gasteiger partial charge < -0.3 is 20.4 Å². The third-order valence-corrected chi connectivity index (χ3v) is 5.79. The number of carbonyl (C=O) groups excluding carboxylic acids is 3. The van der Waals surface area contributed by atoms with Crippen LogP contribution in [0.5, 0.6) is 0 Å². The number of nitrogens with one attached hydrogen (secondary N) is 2. The quantitative estimate of drug-likeness (QED) is 0.778. The maximum atomic E-state index is 12.6. The maximum Gasteiger partial charge on any atom is 0.330 e. The summed E-state index contributed by atoms with van der Waals surface area (Å²) in [4.78, 5) is 44.9. The molecule has 2 aliphatic rings. The highest BCUT2D eigenvalue weighted by Crippen LogP contribution is 2.25. The second-order valence-corrected chi connectivity index (χ2v) is 7.91. The van der Waals surface area contributed by atoms with Crippen molar-refractivity contribution in [1.82, 2.24) is 24.7 Å². The van der Waals surface area contributed by atoms with Crippen LogP contribution in [0.4, 0.5) is 15.3 Å². The fraction of sp³-hybridized carbons (Fsp3) is 0.400. The molecule has 158 valence electrons. The lowest BCUT2D eigenvalue weighted by Gasteiger charge is -2.36. The second kappa shape index (κ2) is 8.35. The summed E-state index contributed by atoms with van der Waals surface area (Å²) in [5.41, 5.74) is 1.50. The van der Waals surface area contributed by atoms with Gasteiger partial charge in [-0.2, -0.15) is 0 Å². The summed E-state index contributed by atoms with van der Waals surface area (Å²) in [6.45, 7) is 3.41. The number of hydrogen-bond acceptors (Lipinski definition) is 4. The Morgan fingerprint density at radius 3 is 2.57 bits per heavy atom. The number of piperidine rings is 1. The molecule has 3 heterocycles. The zero-order valence-electron chi connectivity index (χ0n) is 16.6. The molecule has 1 aromatic carbocycles. The molecule has 1 saturated heterocycles. The van der Waals surface area contributed by atoms with Gasteiger partial charge in [-0.25, -0.2) is 14.6 Å². The normalized spacial score (nSPS) is 16.5. The summed E-state index contributed by atoms with van der Waals surface area (Å²) in [5.74, 6) is 0.562. The van der Waals surface area contributed by atoms with E-state index >= 15 is 0 Å². The van der Waals surface area contributed by atoms with Gasteiger partial charge in [0, 0.05) is 29.8 Å². The number of hydrogen-bond donors (Lipinski definition) is 2. The van der Waals surface area contributed by atoms with Gasteiger partial charge >= 0.3 is 12.1 Å². The standard InChI is InChI=1S/C20H23ClN6O3/c1-13-22-10-17-12-26(20(30)27(13)17)16-6-8-25(9-7-16)18(28)11-23-19(29)24-15-4-2-14(21)3-5-15/h2-5,10,16H,6-9,11-12H2,1H3,(H2,23,24,29). The van der Waals surface area contributed by atoms with E-state index in [0.29, 0.717) is 49.0 Å². The molecule has 0 saturated carbocycles. The monoisotopic (exact) mass is 430 g/mol. The third kappa shape index (κ3) is 4.11. The van der Waals surface area contributed by atoms with Crippen molar-refractivity contribution in [3.63, 3.8) is 0 Å². The van der Waals surface area contributed by atoms with Gasteiger partial charge in [0.1, 0.15) is 5.82 Å². The average molecular weight is 431 g/mol. The predicted molar refractivity (Wildman–Crippen MR) is 111 cm³/mol. The highest BCUT2D eigenvalue weighted by Gasteiger charge is 2.36. The van der Waals surface area contributed by atoms with Crippen LogP contribution in [0.15, 0.2) is 30.5 Å². The number of fused-ring (bicyclic) bond motifs is 1. The van der Waals surface area contributed by atoms with Crippen LogP contribution in [-0.4, -0.2) is 63.0 Å². The van der Waals surface area contributed by atoms with Crippen molar-refractivity contribution in [3.8, 4) is 0 Å². The minimum Gasteiger partial charge on any atom is -0.341 e. The molecule has 0 spiro atoms. The maximum absolute atomic E-state index is 12.6. The molecule has 1 aromatic heterocycles. The molecule has 1 fully saturated rings. The minimum atomic E-state index is -0.450. The molecule has 2 aliphatic heterocycles. The molecule has 0 unspecified atom stereocenters. The van der Waals surface area contributed by atoms with E-state index in [-0.39, 0.29) is 24.5 Å². The summed E-state index contributed by atoms with van der Waals surface area (Å²) >= 11 is 5.82. The van der Waals surface area contributed by atoms with E-state index in [2.05, 4.69) is 15.6 Å². The topological polar surface area (TPSA) is 99.6 Å². The van der Waals surface area contributed by atoms with Crippen molar-refractivity contribution in [1.29, 1.82) is 0 Å². The summed E-state index contributed by atoms with van der Waals surface area (Å²) in [7, 11) is 0.